The number of hydrogen-bond acceptors (Lipinski definition) is 9. The van der Waals surface area contributed by atoms with Crippen molar-refractivity contribution in [3.8, 4) is 34.0 Å². The van der Waals surface area contributed by atoms with Crippen LogP contribution in [0.4, 0.5) is 11.5 Å². The molecule has 1 amide bonds. The number of halogens is 2. The average molecular weight is 629 g/mol. The van der Waals surface area contributed by atoms with E-state index < -0.39 is 0 Å². The first-order valence-corrected chi connectivity index (χ1v) is 14.9. The van der Waals surface area contributed by atoms with Gasteiger partial charge in [-0.25, -0.2) is 15.0 Å². The molecule has 2 atom stereocenters. The molecule has 2 aliphatic heterocycles. The third kappa shape index (κ3) is 5.25. The van der Waals surface area contributed by atoms with E-state index in [1.54, 1.807) is 31.8 Å². The number of methoxy groups -OCH3 is 1. The van der Waals surface area contributed by atoms with E-state index in [0.29, 0.717) is 69.5 Å². The third-order valence-electron chi connectivity index (χ3n) is 7.83. The highest BCUT2D eigenvalue weighted by Gasteiger charge is 2.32. The molecule has 2 aliphatic rings. The first kappa shape index (κ1) is 28.3. The van der Waals surface area contributed by atoms with Crippen LogP contribution in [0, 0.1) is 0 Å². The van der Waals surface area contributed by atoms with Crippen LogP contribution in [0.3, 0.4) is 0 Å². The molecule has 222 valence electrons. The zero-order valence-electron chi connectivity index (χ0n) is 23.6. The Hall–Kier alpha value is -4.51. The van der Waals surface area contributed by atoms with E-state index in [0.717, 1.165) is 28.6 Å². The number of carbonyl (C=O) groups excluding carboxylic acids is 1. The molecule has 2 unspecified atom stereocenters. The van der Waals surface area contributed by atoms with Crippen molar-refractivity contribution in [3.05, 3.63) is 82.7 Å². The fourth-order valence-corrected chi connectivity index (χ4v) is 6.27. The number of aromatic nitrogens is 4. The van der Waals surface area contributed by atoms with Crippen molar-refractivity contribution in [1.82, 2.24) is 30.6 Å². The van der Waals surface area contributed by atoms with Crippen molar-refractivity contribution in [3.63, 3.8) is 0 Å². The topological polar surface area (TPSA) is 123 Å². The summed E-state index contributed by atoms with van der Waals surface area (Å²) in [6.07, 6.45) is 6.31. The Labute approximate surface area is 263 Å². The Morgan fingerprint density at radius 3 is 2.61 bits per heavy atom. The van der Waals surface area contributed by atoms with Gasteiger partial charge < -0.3 is 25.4 Å². The zero-order valence-corrected chi connectivity index (χ0v) is 25.1. The average Bonchev–Trinajstić information content (AvgIpc) is 3.66. The predicted molar refractivity (Wildman–Crippen MR) is 170 cm³/mol. The highest BCUT2D eigenvalue weighted by atomic mass is 35.5. The van der Waals surface area contributed by atoms with E-state index in [1.807, 2.05) is 42.5 Å². The smallest absolute Gasteiger partial charge is 0.222 e. The molecule has 0 spiro atoms. The molecule has 1 saturated heterocycles. The third-order valence-corrected chi connectivity index (χ3v) is 8.65. The summed E-state index contributed by atoms with van der Waals surface area (Å²) in [5, 5.41) is 10.8. The Balaban J connectivity index is 1.19. The number of nitrogens with zero attached hydrogens (tertiary/aromatic N) is 4. The number of hydrogen-bond donors (Lipinski definition) is 3. The van der Waals surface area contributed by atoms with Crippen molar-refractivity contribution in [2.24, 2.45) is 0 Å². The summed E-state index contributed by atoms with van der Waals surface area (Å²) >= 11 is 14.0. The standard InChI is InChI=1S/C32H27Cl2N7O3/c1-43-32-27-24(38-15-17-8-9-26(42)39-17)16-44-25(27)14-23(41-32)20-6-2-4-18(28(20)33)19-5-3-7-21(29(19)34)40-31-30-22(10-11-37-31)35-12-13-36-30/h2-7,10-14,17,24,38H,8-9,15-16H2,1H3,(H,37,40)(H,39,42). The summed E-state index contributed by atoms with van der Waals surface area (Å²) in [6, 6.07) is 15.1. The molecule has 7 rings (SSSR count). The van der Waals surface area contributed by atoms with E-state index in [4.69, 9.17) is 37.7 Å². The van der Waals surface area contributed by atoms with Gasteiger partial charge in [-0.2, -0.15) is 0 Å². The minimum atomic E-state index is -0.114. The molecule has 1 fully saturated rings. The van der Waals surface area contributed by atoms with Crippen molar-refractivity contribution < 1.29 is 14.3 Å². The quantitative estimate of drug-likeness (QED) is 0.187. The summed E-state index contributed by atoms with van der Waals surface area (Å²) in [5.41, 5.74) is 5.65. The maximum absolute atomic E-state index is 11.6. The monoisotopic (exact) mass is 627 g/mol. The number of nitrogens with one attached hydrogen (secondary N) is 3. The zero-order chi connectivity index (χ0) is 30.2. The van der Waals surface area contributed by atoms with Crippen LogP contribution in [0.1, 0.15) is 24.4 Å². The highest BCUT2D eigenvalue weighted by Crippen LogP contribution is 2.45. The molecule has 0 radical (unpaired) electrons. The van der Waals surface area contributed by atoms with Crippen molar-refractivity contribution in [2.45, 2.75) is 24.9 Å². The second kappa shape index (κ2) is 11.9. The Bertz CT molecular complexity index is 1900. The van der Waals surface area contributed by atoms with Crippen molar-refractivity contribution >= 4 is 51.6 Å². The molecule has 0 bridgehead atoms. The molecular weight excluding hydrogens is 601 g/mol. The van der Waals surface area contributed by atoms with E-state index >= 15 is 0 Å². The van der Waals surface area contributed by atoms with E-state index in [9.17, 15) is 4.79 Å². The van der Waals surface area contributed by atoms with Gasteiger partial charge in [0.1, 0.15) is 17.9 Å². The number of benzene rings is 2. The molecular formula is C32H27Cl2N7O3. The molecule has 10 nitrogen and oxygen atoms in total. The summed E-state index contributed by atoms with van der Waals surface area (Å²) in [7, 11) is 1.59. The largest absolute Gasteiger partial charge is 0.491 e. The van der Waals surface area contributed by atoms with Gasteiger partial charge in [0, 0.05) is 60.4 Å². The Kier molecular flexibility index (Phi) is 7.63. The number of fused-ring (bicyclic) bond motifs is 2. The van der Waals surface area contributed by atoms with Crippen LogP contribution in [-0.2, 0) is 4.79 Å². The van der Waals surface area contributed by atoms with Crippen LogP contribution >= 0.6 is 23.2 Å². The molecule has 0 aliphatic carbocycles. The van der Waals surface area contributed by atoms with Gasteiger partial charge in [0.15, 0.2) is 5.82 Å². The number of carbonyl (C=O) groups is 1. The van der Waals surface area contributed by atoms with Crippen LogP contribution in [-0.4, -0.2) is 52.1 Å². The van der Waals surface area contributed by atoms with Crippen LogP contribution in [0.25, 0.3) is 33.4 Å². The lowest BCUT2D eigenvalue weighted by atomic mass is 9.99. The second-order valence-corrected chi connectivity index (χ2v) is 11.3. The maximum atomic E-state index is 11.6. The number of amides is 1. The fourth-order valence-electron chi connectivity index (χ4n) is 5.67. The highest BCUT2D eigenvalue weighted by molar-refractivity contribution is 6.39. The lowest BCUT2D eigenvalue weighted by Gasteiger charge is -2.18. The van der Waals surface area contributed by atoms with Crippen LogP contribution in [0.2, 0.25) is 10.0 Å². The SMILES string of the molecule is COc1nc(-c2cccc(-c3cccc(Nc4nccc5nccnc45)c3Cl)c2Cl)cc2c1C(NCC1CCC(=O)N1)CO2. The van der Waals surface area contributed by atoms with Gasteiger partial charge in [-0.1, -0.05) is 53.5 Å². The summed E-state index contributed by atoms with van der Waals surface area (Å²) in [5.74, 6) is 1.77. The van der Waals surface area contributed by atoms with Gasteiger partial charge in [-0.3, -0.25) is 9.78 Å². The second-order valence-electron chi connectivity index (χ2n) is 10.5. The minimum Gasteiger partial charge on any atom is -0.491 e. The molecule has 44 heavy (non-hydrogen) atoms. The fraction of sp³-hybridized carbons (Fsp3) is 0.219. The van der Waals surface area contributed by atoms with Gasteiger partial charge >= 0.3 is 0 Å². The van der Waals surface area contributed by atoms with Gasteiger partial charge in [0.2, 0.25) is 11.8 Å². The molecule has 3 aromatic heterocycles. The number of anilines is 2. The predicted octanol–water partition coefficient (Wildman–Crippen LogP) is 6.11. The molecule has 12 heteroatoms. The summed E-state index contributed by atoms with van der Waals surface area (Å²) < 4.78 is 11.8. The van der Waals surface area contributed by atoms with E-state index in [1.165, 1.54) is 0 Å². The molecule has 0 saturated carbocycles. The first-order chi connectivity index (χ1) is 21.5. The van der Waals surface area contributed by atoms with Crippen LogP contribution < -0.4 is 25.4 Å². The summed E-state index contributed by atoms with van der Waals surface area (Å²) in [6.45, 7) is 1.06. The van der Waals surface area contributed by atoms with Gasteiger partial charge in [0.25, 0.3) is 0 Å². The number of ether oxygens (including phenoxy) is 2. The minimum absolute atomic E-state index is 0.0869. The lowest BCUT2D eigenvalue weighted by molar-refractivity contribution is -0.119. The van der Waals surface area contributed by atoms with Crippen molar-refractivity contribution in [1.29, 1.82) is 0 Å². The van der Waals surface area contributed by atoms with Gasteiger partial charge in [0.05, 0.1) is 45.7 Å². The Morgan fingerprint density at radius 2 is 1.80 bits per heavy atom. The Morgan fingerprint density at radius 1 is 1.00 bits per heavy atom. The maximum Gasteiger partial charge on any atom is 0.222 e. The van der Waals surface area contributed by atoms with Gasteiger partial charge in [-0.05, 0) is 18.6 Å². The van der Waals surface area contributed by atoms with E-state index in [-0.39, 0.29) is 18.0 Å². The lowest BCUT2D eigenvalue weighted by Crippen LogP contribution is -2.37. The molecule has 5 aromatic rings. The molecule has 3 N–H and O–H groups in total. The number of rotatable bonds is 8. The van der Waals surface area contributed by atoms with Crippen molar-refractivity contribution in [2.75, 3.05) is 25.6 Å². The van der Waals surface area contributed by atoms with Crippen LogP contribution in [0.15, 0.2) is 67.1 Å². The number of pyridine rings is 2. The molecule has 5 heterocycles. The summed E-state index contributed by atoms with van der Waals surface area (Å²) in [4.78, 5) is 29.7. The molecule has 2 aromatic carbocycles. The first-order valence-electron chi connectivity index (χ1n) is 14.1. The van der Waals surface area contributed by atoms with E-state index in [2.05, 4.69) is 30.9 Å². The van der Waals surface area contributed by atoms with Gasteiger partial charge in [-0.15, -0.1) is 0 Å². The van der Waals surface area contributed by atoms with Crippen LogP contribution in [0.5, 0.6) is 11.6 Å². The normalized spacial score (nSPS) is 17.3.